The van der Waals surface area contributed by atoms with E-state index in [0.717, 1.165) is 35.2 Å². The maximum atomic E-state index is 5.11. The molecule has 0 bridgehead atoms. The highest BCUT2D eigenvalue weighted by Crippen LogP contribution is 2.45. The van der Waals surface area contributed by atoms with Crippen molar-refractivity contribution in [3.8, 4) is 51.0 Å². The van der Waals surface area contributed by atoms with E-state index in [9.17, 15) is 0 Å². The van der Waals surface area contributed by atoms with E-state index >= 15 is 0 Å². The summed E-state index contributed by atoms with van der Waals surface area (Å²) in [5.41, 5.74) is 10.2. The maximum Gasteiger partial charge on any atom is 0.164 e. The Morgan fingerprint density at radius 1 is 0.390 bits per heavy atom. The zero-order valence-electron chi connectivity index (χ0n) is 32.2. The lowest BCUT2D eigenvalue weighted by molar-refractivity contribution is 0.889. The molecule has 0 atom stereocenters. The Balaban J connectivity index is 1.13. The molecule has 276 valence electrons. The molecule has 0 amide bonds. The molecule has 0 saturated carbocycles. The van der Waals surface area contributed by atoms with Gasteiger partial charge in [0.25, 0.3) is 0 Å². The molecule has 0 spiro atoms. The van der Waals surface area contributed by atoms with Gasteiger partial charge >= 0.3 is 0 Å². The van der Waals surface area contributed by atoms with Crippen LogP contribution in [-0.4, -0.2) is 19.5 Å². The number of nitrogens with zero attached hydrogens (tertiary/aromatic N) is 4. The van der Waals surface area contributed by atoms with Crippen LogP contribution in [0.25, 0.3) is 111 Å². The van der Waals surface area contributed by atoms with Gasteiger partial charge in [0, 0.05) is 44.6 Å². The first-order chi connectivity index (χ1) is 29.3. The van der Waals surface area contributed by atoms with Crippen LogP contribution in [0.4, 0.5) is 0 Å². The van der Waals surface area contributed by atoms with Crippen molar-refractivity contribution in [2.45, 2.75) is 12.8 Å². The van der Waals surface area contributed by atoms with Crippen LogP contribution in [0.3, 0.4) is 0 Å². The van der Waals surface area contributed by atoms with Crippen LogP contribution >= 0.6 is 0 Å². The number of hydrogen-bond acceptors (Lipinski definition) is 3. The molecule has 59 heavy (non-hydrogen) atoms. The standard InChI is InChI=1S/C55H36N4/c1-3-16-35(17-4-1)53-56-54(36-18-5-2-6-19-36)58-55(57-53)39-21-15-22-40(32-39)59-50-29-14-13-28-47(50)49-33-37-20-7-8-23-41(37)51(52(49)59)38-30-31-46-44-26-10-9-24-42(44)43-25-11-12-27-45(43)48(46)34-38/h1-13,15-28,30-34H,14,29H2. The highest BCUT2D eigenvalue weighted by Gasteiger charge is 2.24. The van der Waals surface area contributed by atoms with Crippen LogP contribution in [0.15, 0.2) is 188 Å². The van der Waals surface area contributed by atoms with E-state index in [1.807, 2.05) is 36.4 Å². The minimum atomic E-state index is 0.643. The highest BCUT2D eigenvalue weighted by atomic mass is 15.0. The summed E-state index contributed by atoms with van der Waals surface area (Å²) in [5, 5.41) is 11.4. The Morgan fingerprint density at radius 3 is 1.59 bits per heavy atom. The summed E-state index contributed by atoms with van der Waals surface area (Å²) >= 11 is 0. The monoisotopic (exact) mass is 752 g/mol. The summed E-state index contributed by atoms with van der Waals surface area (Å²) in [6, 6.07) is 65.2. The van der Waals surface area contributed by atoms with Gasteiger partial charge in [-0.3, -0.25) is 0 Å². The fourth-order valence-corrected chi connectivity index (χ4v) is 9.40. The second-order valence-corrected chi connectivity index (χ2v) is 15.4. The largest absolute Gasteiger partial charge is 0.312 e. The van der Waals surface area contributed by atoms with E-state index in [1.165, 1.54) is 76.4 Å². The molecule has 11 aromatic rings. The molecular weight excluding hydrogens is 717 g/mol. The van der Waals surface area contributed by atoms with Crippen LogP contribution in [0, 0.1) is 0 Å². The molecule has 0 unspecified atom stereocenters. The molecule has 4 heteroatoms. The number of aromatic nitrogens is 4. The summed E-state index contributed by atoms with van der Waals surface area (Å²) in [5.74, 6) is 1.95. The number of fused-ring (bicyclic) bond motifs is 10. The Labute approximate surface area is 341 Å². The Morgan fingerprint density at radius 2 is 0.932 bits per heavy atom. The van der Waals surface area contributed by atoms with Gasteiger partial charge in [0.1, 0.15) is 0 Å². The van der Waals surface area contributed by atoms with Crippen molar-refractivity contribution in [2.24, 2.45) is 0 Å². The third kappa shape index (κ3) is 5.41. The topological polar surface area (TPSA) is 43.6 Å². The predicted molar refractivity (Wildman–Crippen MR) is 246 cm³/mol. The fourth-order valence-electron chi connectivity index (χ4n) is 9.40. The molecular formula is C55H36N4. The molecule has 0 aliphatic heterocycles. The lowest BCUT2D eigenvalue weighted by Gasteiger charge is -2.18. The minimum absolute atomic E-state index is 0.643. The molecule has 0 radical (unpaired) electrons. The maximum absolute atomic E-state index is 5.11. The summed E-state index contributed by atoms with van der Waals surface area (Å²) in [6.07, 6.45) is 6.59. The molecule has 12 rings (SSSR count). The average Bonchev–Trinajstić information content (AvgIpc) is 3.65. The first-order valence-electron chi connectivity index (χ1n) is 20.3. The zero-order valence-corrected chi connectivity index (χ0v) is 32.2. The Kier molecular flexibility index (Phi) is 7.63. The van der Waals surface area contributed by atoms with E-state index in [4.69, 9.17) is 15.0 Å². The van der Waals surface area contributed by atoms with Crippen molar-refractivity contribution in [3.05, 3.63) is 199 Å². The first kappa shape index (κ1) is 33.4. The number of hydrogen-bond donors (Lipinski definition) is 0. The predicted octanol–water partition coefficient (Wildman–Crippen LogP) is 14.1. The summed E-state index contributed by atoms with van der Waals surface area (Å²) in [4.78, 5) is 15.2. The SMILES string of the molecule is C1=Cc2c(n(-c3cccc(-c4nc(-c5ccccc5)nc(-c5ccccc5)n4)c3)c3c(-c4ccc5c6ccccc6c6ccccc6c5c4)c4ccccc4cc23)CC1. The molecule has 2 heterocycles. The van der Waals surface area contributed by atoms with E-state index in [0.29, 0.717) is 17.5 Å². The lowest BCUT2D eigenvalue weighted by atomic mass is 9.89. The van der Waals surface area contributed by atoms with Gasteiger partial charge in [-0.2, -0.15) is 0 Å². The van der Waals surface area contributed by atoms with Crippen LogP contribution in [0.2, 0.25) is 0 Å². The molecule has 2 aromatic heterocycles. The second-order valence-electron chi connectivity index (χ2n) is 15.4. The molecule has 0 fully saturated rings. The van der Waals surface area contributed by atoms with Crippen LogP contribution in [-0.2, 0) is 6.42 Å². The van der Waals surface area contributed by atoms with Crippen molar-refractivity contribution in [1.29, 1.82) is 0 Å². The second kappa shape index (κ2) is 13.5. The highest BCUT2D eigenvalue weighted by molar-refractivity contribution is 6.26. The molecule has 4 nitrogen and oxygen atoms in total. The van der Waals surface area contributed by atoms with Crippen molar-refractivity contribution in [2.75, 3.05) is 0 Å². The van der Waals surface area contributed by atoms with Gasteiger partial charge in [-0.15, -0.1) is 0 Å². The van der Waals surface area contributed by atoms with E-state index < -0.39 is 0 Å². The normalized spacial score (nSPS) is 12.5. The summed E-state index contributed by atoms with van der Waals surface area (Å²) < 4.78 is 2.53. The minimum Gasteiger partial charge on any atom is -0.312 e. The number of benzene rings is 9. The lowest BCUT2D eigenvalue weighted by Crippen LogP contribution is -2.05. The summed E-state index contributed by atoms with van der Waals surface area (Å²) in [7, 11) is 0. The Hall–Kier alpha value is -7.69. The van der Waals surface area contributed by atoms with Crippen molar-refractivity contribution in [1.82, 2.24) is 19.5 Å². The Bertz CT molecular complexity index is 3400. The van der Waals surface area contributed by atoms with E-state index in [2.05, 4.69) is 162 Å². The van der Waals surface area contributed by atoms with Crippen molar-refractivity contribution in [3.63, 3.8) is 0 Å². The third-order valence-electron chi connectivity index (χ3n) is 12.0. The van der Waals surface area contributed by atoms with Crippen molar-refractivity contribution < 1.29 is 0 Å². The van der Waals surface area contributed by atoms with Gasteiger partial charge in [-0.05, 0) is 85.8 Å². The molecule has 1 aliphatic rings. The van der Waals surface area contributed by atoms with Gasteiger partial charge in [-0.1, -0.05) is 170 Å². The molecule has 1 aliphatic carbocycles. The van der Waals surface area contributed by atoms with Crippen LogP contribution < -0.4 is 0 Å². The first-order valence-corrected chi connectivity index (χ1v) is 20.3. The van der Waals surface area contributed by atoms with E-state index in [1.54, 1.807) is 0 Å². The van der Waals surface area contributed by atoms with Gasteiger partial charge in [0.05, 0.1) is 5.52 Å². The summed E-state index contributed by atoms with van der Waals surface area (Å²) in [6.45, 7) is 0. The number of rotatable bonds is 5. The van der Waals surface area contributed by atoms with E-state index in [-0.39, 0.29) is 0 Å². The van der Waals surface area contributed by atoms with Gasteiger partial charge in [0.2, 0.25) is 0 Å². The molecule has 0 saturated heterocycles. The van der Waals surface area contributed by atoms with Gasteiger partial charge in [0.15, 0.2) is 17.5 Å². The zero-order chi connectivity index (χ0) is 38.9. The molecule has 0 N–H and O–H groups in total. The smallest absolute Gasteiger partial charge is 0.164 e. The van der Waals surface area contributed by atoms with Gasteiger partial charge < -0.3 is 4.57 Å². The van der Waals surface area contributed by atoms with Crippen LogP contribution in [0.5, 0.6) is 0 Å². The quantitative estimate of drug-likeness (QED) is 0.164. The molecule has 9 aromatic carbocycles. The van der Waals surface area contributed by atoms with Crippen LogP contribution in [0.1, 0.15) is 17.7 Å². The number of allylic oxidation sites excluding steroid dienone is 1. The van der Waals surface area contributed by atoms with Gasteiger partial charge in [-0.25, -0.2) is 15.0 Å². The fraction of sp³-hybridized carbons (Fsp3) is 0.0364. The third-order valence-corrected chi connectivity index (χ3v) is 12.0. The average molecular weight is 753 g/mol. The van der Waals surface area contributed by atoms with Crippen molar-refractivity contribution >= 4 is 60.1 Å².